The van der Waals surface area contributed by atoms with Crippen LogP contribution < -0.4 is 0 Å². The van der Waals surface area contributed by atoms with Crippen LogP contribution in [0.25, 0.3) is 11.1 Å². The van der Waals surface area contributed by atoms with Gasteiger partial charge >= 0.3 is 0 Å². The van der Waals surface area contributed by atoms with Gasteiger partial charge in [-0.15, -0.1) is 0 Å². The molecule has 0 aromatic heterocycles. The van der Waals surface area contributed by atoms with Gasteiger partial charge in [0.1, 0.15) is 11.6 Å². The van der Waals surface area contributed by atoms with E-state index in [1.807, 2.05) is 0 Å². The molecule has 0 heterocycles. The highest BCUT2D eigenvalue weighted by Crippen LogP contribution is 2.36. The van der Waals surface area contributed by atoms with Gasteiger partial charge in [-0.3, -0.25) is 0 Å². The second-order valence-electron chi connectivity index (χ2n) is 6.79. The highest BCUT2D eigenvalue weighted by atomic mass is 32.2. The molecule has 5 heteroatoms. The molecule has 134 valence electrons. The zero-order valence-corrected chi connectivity index (χ0v) is 15.0. The Hall–Kier alpha value is -1.75. The second-order valence-corrected chi connectivity index (χ2v) is 8.82. The molecule has 0 bridgehead atoms. The normalized spacial score (nSPS) is 20.8. The summed E-state index contributed by atoms with van der Waals surface area (Å²) in [6, 6.07) is 9.56. The average Bonchev–Trinajstić information content (AvgIpc) is 3.01. The molecule has 25 heavy (non-hydrogen) atoms. The Balaban J connectivity index is 1.81. The smallest absolute Gasteiger partial charge is 0.178 e. The maximum absolute atomic E-state index is 13.9. The van der Waals surface area contributed by atoms with E-state index >= 15 is 0 Å². The van der Waals surface area contributed by atoms with E-state index in [9.17, 15) is 17.2 Å². The van der Waals surface area contributed by atoms with Crippen molar-refractivity contribution < 1.29 is 17.2 Å². The van der Waals surface area contributed by atoms with Crippen molar-refractivity contribution in [2.24, 2.45) is 11.8 Å². The largest absolute Gasteiger partial charge is 0.224 e. The zero-order valence-electron chi connectivity index (χ0n) is 14.2. The van der Waals surface area contributed by atoms with E-state index in [1.165, 1.54) is 24.3 Å². The van der Waals surface area contributed by atoms with Gasteiger partial charge in [-0.25, -0.2) is 17.2 Å². The molecule has 2 aromatic carbocycles. The lowest BCUT2D eigenvalue weighted by Crippen LogP contribution is -2.19. The van der Waals surface area contributed by atoms with Gasteiger partial charge < -0.3 is 0 Å². The summed E-state index contributed by atoms with van der Waals surface area (Å²) in [7, 11) is -3.36. The van der Waals surface area contributed by atoms with Crippen molar-refractivity contribution in [3.8, 4) is 11.1 Å². The van der Waals surface area contributed by atoms with Crippen LogP contribution in [0.4, 0.5) is 8.78 Å². The third-order valence-corrected chi connectivity index (χ3v) is 7.09. The predicted molar refractivity (Wildman–Crippen MR) is 95.0 cm³/mol. The first-order chi connectivity index (χ1) is 11.9. The van der Waals surface area contributed by atoms with Crippen LogP contribution in [0, 0.1) is 23.5 Å². The van der Waals surface area contributed by atoms with Crippen molar-refractivity contribution in [2.45, 2.75) is 37.5 Å². The maximum Gasteiger partial charge on any atom is 0.178 e. The van der Waals surface area contributed by atoms with Crippen molar-refractivity contribution in [1.29, 1.82) is 0 Å². The fourth-order valence-corrected chi connectivity index (χ4v) is 5.56. The SMILES string of the molecule is CCC1CCCC1CS(=O)(=O)c1ccc(-c2ccc(F)cc2F)cc1. The summed E-state index contributed by atoms with van der Waals surface area (Å²) in [5, 5.41) is 0. The van der Waals surface area contributed by atoms with Gasteiger partial charge in [-0.2, -0.15) is 0 Å². The van der Waals surface area contributed by atoms with Crippen LogP contribution in [0.3, 0.4) is 0 Å². The number of hydrogen-bond acceptors (Lipinski definition) is 2. The second kappa shape index (κ2) is 7.24. The topological polar surface area (TPSA) is 34.1 Å². The minimum absolute atomic E-state index is 0.176. The molecule has 1 saturated carbocycles. The first-order valence-electron chi connectivity index (χ1n) is 8.69. The van der Waals surface area contributed by atoms with Crippen LogP contribution in [-0.4, -0.2) is 14.2 Å². The molecule has 2 nitrogen and oxygen atoms in total. The molecule has 0 radical (unpaired) electrons. The van der Waals surface area contributed by atoms with E-state index in [0.717, 1.165) is 31.7 Å². The maximum atomic E-state index is 13.9. The van der Waals surface area contributed by atoms with Gasteiger partial charge in [-0.1, -0.05) is 38.3 Å². The Bertz CT molecular complexity index is 844. The lowest BCUT2D eigenvalue weighted by molar-refractivity contribution is 0.406. The fraction of sp³-hybridized carbons (Fsp3) is 0.400. The van der Waals surface area contributed by atoms with E-state index in [1.54, 1.807) is 12.1 Å². The van der Waals surface area contributed by atoms with Crippen LogP contribution in [0.15, 0.2) is 47.4 Å². The van der Waals surface area contributed by atoms with Gasteiger partial charge in [0.2, 0.25) is 0 Å². The fourth-order valence-electron chi connectivity index (χ4n) is 3.81. The molecular weight excluding hydrogens is 342 g/mol. The van der Waals surface area contributed by atoms with Crippen molar-refractivity contribution in [3.63, 3.8) is 0 Å². The van der Waals surface area contributed by atoms with Gasteiger partial charge in [-0.05, 0) is 48.1 Å². The van der Waals surface area contributed by atoms with Crippen molar-refractivity contribution in [1.82, 2.24) is 0 Å². The lowest BCUT2D eigenvalue weighted by atomic mass is 9.96. The monoisotopic (exact) mass is 364 g/mol. The molecule has 1 fully saturated rings. The molecule has 2 aromatic rings. The molecule has 0 N–H and O–H groups in total. The third kappa shape index (κ3) is 3.92. The van der Waals surface area contributed by atoms with E-state index in [-0.39, 0.29) is 22.1 Å². The standard InChI is InChI=1S/C20H22F2O2S/c1-2-14-4-3-5-16(14)13-25(23,24)18-9-6-15(7-10-18)19-11-8-17(21)12-20(19)22/h6-12,14,16H,2-5,13H2,1H3. The Labute approximate surface area is 147 Å². The number of rotatable bonds is 5. The summed E-state index contributed by atoms with van der Waals surface area (Å²) >= 11 is 0. The summed E-state index contributed by atoms with van der Waals surface area (Å²) < 4.78 is 52.3. The van der Waals surface area contributed by atoms with Crippen LogP contribution in [0.5, 0.6) is 0 Å². The van der Waals surface area contributed by atoms with Gasteiger partial charge in [0.05, 0.1) is 10.6 Å². The molecule has 0 amide bonds. The Morgan fingerprint density at radius 2 is 1.68 bits per heavy atom. The average molecular weight is 364 g/mol. The molecule has 2 atom stereocenters. The van der Waals surface area contributed by atoms with Crippen molar-refractivity contribution >= 4 is 9.84 Å². The molecule has 0 spiro atoms. The first-order valence-corrected chi connectivity index (χ1v) is 10.3. The molecule has 1 aliphatic carbocycles. The van der Waals surface area contributed by atoms with Crippen LogP contribution in [0.1, 0.15) is 32.6 Å². The van der Waals surface area contributed by atoms with Crippen molar-refractivity contribution in [3.05, 3.63) is 54.1 Å². The molecule has 2 unspecified atom stereocenters. The minimum Gasteiger partial charge on any atom is -0.224 e. The van der Waals surface area contributed by atoms with E-state index in [2.05, 4.69) is 6.92 Å². The van der Waals surface area contributed by atoms with Gasteiger partial charge in [0.25, 0.3) is 0 Å². The first kappa shape index (κ1) is 18.1. The summed E-state index contributed by atoms with van der Waals surface area (Å²) in [6.45, 7) is 2.11. The summed E-state index contributed by atoms with van der Waals surface area (Å²) in [4.78, 5) is 0.264. The molecule has 1 aliphatic rings. The quantitative estimate of drug-likeness (QED) is 0.728. The van der Waals surface area contributed by atoms with E-state index < -0.39 is 21.5 Å². The van der Waals surface area contributed by atoms with Gasteiger partial charge in [0, 0.05) is 11.6 Å². The molecule has 3 rings (SSSR count). The Kier molecular flexibility index (Phi) is 5.23. The summed E-state index contributed by atoms with van der Waals surface area (Å²) in [5.74, 6) is -0.406. The van der Waals surface area contributed by atoms with Crippen LogP contribution in [-0.2, 0) is 9.84 Å². The number of halogens is 2. The van der Waals surface area contributed by atoms with E-state index in [4.69, 9.17) is 0 Å². The lowest BCUT2D eigenvalue weighted by Gasteiger charge is -2.18. The molecule has 0 saturated heterocycles. The Morgan fingerprint density at radius 1 is 1.00 bits per heavy atom. The zero-order chi connectivity index (χ0) is 18.0. The number of sulfone groups is 1. The van der Waals surface area contributed by atoms with Crippen LogP contribution >= 0.6 is 0 Å². The minimum atomic E-state index is -3.36. The van der Waals surface area contributed by atoms with Crippen LogP contribution in [0.2, 0.25) is 0 Å². The highest BCUT2D eigenvalue weighted by molar-refractivity contribution is 7.91. The highest BCUT2D eigenvalue weighted by Gasteiger charge is 2.30. The predicted octanol–water partition coefficient (Wildman–Crippen LogP) is 5.23. The molecular formula is C20H22F2O2S. The number of hydrogen-bond donors (Lipinski definition) is 0. The Morgan fingerprint density at radius 3 is 2.32 bits per heavy atom. The van der Waals surface area contributed by atoms with Gasteiger partial charge in [0.15, 0.2) is 9.84 Å². The number of benzene rings is 2. The third-order valence-electron chi connectivity index (χ3n) is 5.23. The summed E-state index contributed by atoms with van der Waals surface area (Å²) in [5.41, 5.74) is 0.788. The van der Waals surface area contributed by atoms with E-state index in [0.29, 0.717) is 11.5 Å². The summed E-state index contributed by atoms with van der Waals surface area (Å²) in [6.07, 6.45) is 4.19. The van der Waals surface area contributed by atoms with Crippen molar-refractivity contribution in [2.75, 3.05) is 5.75 Å². The molecule has 0 aliphatic heterocycles.